The van der Waals surface area contributed by atoms with E-state index in [1.54, 1.807) is 6.07 Å². The van der Waals surface area contributed by atoms with Crippen LogP contribution in [0.4, 0.5) is 0 Å². The van der Waals surface area contributed by atoms with E-state index in [0.717, 1.165) is 54.4 Å². The molecule has 2 heterocycles. The molecule has 2 unspecified atom stereocenters. The van der Waals surface area contributed by atoms with Crippen LogP contribution < -0.4 is 5.63 Å². The van der Waals surface area contributed by atoms with Gasteiger partial charge in [0.1, 0.15) is 5.58 Å². The van der Waals surface area contributed by atoms with Gasteiger partial charge in [-0.15, -0.1) is 0 Å². The number of aryl methyl sites for hydroxylation is 2. The van der Waals surface area contributed by atoms with Gasteiger partial charge in [0, 0.05) is 24.0 Å². The van der Waals surface area contributed by atoms with Crippen molar-refractivity contribution in [2.75, 3.05) is 6.54 Å². The Morgan fingerprint density at radius 3 is 2.91 bits per heavy atom. The highest BCUT2D eigenvalue weighted by Gasteiger charge is 2.26. The Kier molecular flexibility index (Phi) is 4.55. The normalized spacial score (nSPS) is 20.3. The average molecular weight is 315 g/mol. The summed E-state index contributed by atoms with van der Waals surface area (Å²) in [6.45, 7) is 7.62. The second kappa shape index (κ2) is 6.46. The van der Waals surface area contributed by atoms with Crippen LogP contribution in [0.25, 0.3) is 11.0 Å². The Morgan fingerprint density at radius 1 is 1.39 bits per heavy atom. The minimum Gasteiger partial charge on any atom is -0.422 e. The van der Waals surface area contributed by atoms with Crippen molar-refractivity contribution in [3.8, 4) is 0 Å². The molecule has 0 spiro atoms. The fourth-order valence-corrected chi connectivity index (χ4v) is 3.64. The molecule has 1 N–H and O–H groups in total. The van der Waals surface area contributed by atoms with Gasteiger partial charge in [-0.05, 0) is 63.3 Å². The zero-order valence-corrected chi connectivity index (χ0v) is 14.1. The highest BCUT2D eigenvalue weighted by atomic mass is 16.4. The van der Waals surface area contributed by atoms with E-state index in [9.17, 15) is 9.90 Å². The van der Waals surface area contributed by atoms with Crippen LogP contribution in [0, 0.1) is 13.8 Å². The lowest BCUT2D eigenvalue weighted by atomic mass is 10.0. The van der Waals surface area contributed by atoms with Crippen molar-refractivity contribution in [2.45, 2.75) is 58.7 Å². The number of nitrogens with zero attached hydrogens (tertiary/aromatic N) is 1. The van der Waals surface area contributed by atoms with Crippen molar-refractivity contribution in [3.63, 3.8) is 0 Å². The molecule has 0 amide bonds. The van der Waals surface area contributed by atoms with E-state index >= 15 is 0 Å². The average Bonchev–Trinajstić information content (AvgIpc) is 2.90. The summed E-state index contributed by atoms with van der Waals surface area (Å²) in [6.07, 6.45) is 2.76. The number of likely N-dealkylation sites (tertiary alicyclic amines) is 1. The van der Waals surface area contributed by atoms with Crippen molar-refractivity contribution < 1.29 is 9.52 Å². The smallest absolute Gasteiger partial charge is 0.336 e. The molecule has 0 aliphatic carbocycles. The van der Waals surface area contributed by atoms with Gasteiger partial charge in [-0.25, -0.2) is 4.79 Å². The Morgan fingerprint density at radius 2 is 2.17 bits per heavy atom. The second-order valence-corrected chi connectivity index (χ2v) is 6.83. The number of hydrogen-bond donors (Lipinski definition) is 1. The Bertz CT molecular complexity index is 763. The molecule has 1 aromatic heterocycles. The predicted molar refractivity (Wildman–Crippen MR) is 91.7 cm³/mol. The van der Waals surface area contributed by atoms with E-state index in [4.69, 9.17) is 4.42 Å². The fourth-order valence-electron chi connectivity index (χ4n) is 3.64. The van der Waals surface area contributed by atoms with Crippen LogP contribution in [0.2, 0.25) is 0 Å². The van der Waals surface area contributed by atoms with Gasteiger partial charge in [0.2, 0.25) is 0 Å². The molecular weight excluding hydrogens is 290 g/mol. The second-order valence-electron chi connectivity index (χ2n) is 6.83. The molecule has 2 atom stereocenters. The Labute approximate surface area is 136 Å². The number of aliphatic hydroxyl groups excluding tert-OH is 1. The first-order valence-electron chi connectivity index (χ1n) is 8.40. The molecule has 1 saturated heterocycles. The van der Waals surface area contributed by atoms with Gasteiger partial charge in [-0.1, -0.05) is 12.1 Å². The van der Waals surface area contributed by atoms with E-state index in [0.29, 0.717) is 11.6 Å². The Hall–Kier alpha value is -1.65. The minimum atomic E-state index is -0.289. The SMILES string of the molecule is Cc1ccc2c(CN3CCCC3CC(C)O)cc(=O)oc2c1C. The molecule has 4 nitrogen and oxygen atoms in total. The first-order chi connectivity index (χ1) is 11.0. The van der Waals surface area contributed by atoms with Crippen molar-refractivity contribution >= 4 is 11.0 Å². The summed E-state index contributed by atoms with van der Waals surface area (Å²) in [6, 6.07) is 6.15. The van der Waals surface area contributed by atoms with Gasteiger partial charge in [0.25, 0.3) is 0 Å². The zero-order chi connectivity index (χ0) is 16.6. The summed E-state index contributed by atoms with van der Waals surface area (Å²) in [5.74, 6) is 0. The fraction of sp³-hybridized carbons (Fsp3) is 0.526. The summed E-state index contributed by atoms with van der Waals surface area (Å²) in [4.78, 5) is 14.4. The van der Waals surface area contributed by atoms with Crippen molar-refractivity contribution in [3.05, 3.63) is 45.3 Å². The van der Waals surface area contributed by atoms with Crippen molar-refractivity contribution in [2.24, 2.45) is 0 Å². The monoisotopic (exact) mass is 315 g/mol. The first-order valence-corrected chi connectivity index (χ1v) is 8.40. The standard InChI is InChI=1S/C19H25NO3/c1-12-6-7-17-15(10-18(22)23-19(17)14(12)3)11-20-8-4-5-16(20)9-13(2)21/h6-7,10,13,16,21H,4-5,8-9,11H2,1-3H3. The lowest BCUT2D eigenvalue weighted by Crippen LogP contribution is -2.31. The predicted octanol–water partition coefficient (Wildman–Crippen LogP) is 3.15. The molecule has 2 aromatic rings. The van der Waals surface area contributed by atoms with Gasteiger partial charge < -0.3 is 9.52 Å². The number of aliphatic hydroxyl groups is 1. The number of benzene rings is 1. The molecule has 1 fully saturated rings. The largest absolute Gasteiger partial charge is 0.422 e. The van der Waals surface area contributed by atoms with Crippen LogP contribution in [0.5, 0.6) is 0 Å². The number of hydrogen-bond acceptors (Lipinski definition) is 4. The summed E-state index contributed by atoms with van der Waals surface area (Å²) >= 11 is 0. The van der Waals surface area contributed by atoms with Gasteiger partial charge in [0.05, 0.1) is 6.10 Å². The molecule has 0 bridgehead atoms. The van der Waals surface area contributed by atoms with Crippen LogP contribution in [0.1, 0.15) is 42.9 Å². The maximum absolute atomic E-state index is 12.0. The van der Waals surface area contributed by atoms with Crippen molar-refractivity contribution in [1.29, 1.82) is 0 Å². The third kappa shape index (κ3) is 3.33. The van der Waals surface area contributed by atoms with Crippen LogP contribution in [0.3, 0.4) is 0 Å². The number of fused-ring (bicyclic) bond motifs is 1. The van der Waals surface area contributed by atoms with Crippen molar-refractivity contribution in [1.82, 2.24) is 4.90 Å². The molecule has 0 saturated carbocycles. The van der Waals surface area contributed by atoms with Crippen LogP contribution in [-0.2, 0) is 6.54 Å². The van der Waals surface area contributed by atoms with E-state index in [1.165, 1.54) is 0 Å². The molecular formula is C19H25NO3. The Balaban J connectivity index is 1.97. The molecule has 0 radical (unpaired) electrons. The third-order valence-corrected chi connectivity index (χ3v) is 5.00. The molecule has 3 rings (SSSR count). The molecule has 23 heavy (non-hydrogen) atoms. The summed E-state index contributed by atoms with van der Waals surface area (Å²) < 4.78 is 5.46. The topological polar surface area (TPSA) is 53.7 Å². The lowest BCUT2D eigenvalue weighted by Gasteiger charge is -2.26. The van der Waals surface area contributed by atoms with Crippen LogP contribution >= 0.6 is 0 Å². The van der Waals surface area contributed by atoms with Gasteiger partial charge in [0.15, 0.2) is 0 Å². The van der Waals surface area contributed by atoms with Crippen LogP contribution in [-0.4, -0.2) is 28.7 Å². The molecule has 124 valence electrons. The minimum absolute atomic E-state index is 0.285. The molecule has 4 heteroatoms. The number of rotatable bonds is 4. The van der Waals surface area contributed by atoms with Gasteiger partial charge >= 0.3 is 5.63 Å². The highest BCUT2D eigenvalue weighted by Crippen LogP contribution is 2.28. The highest BCUT2D eigenvalue weighted by molar-refractivity contribution is 5.83. The molecule has 1 aliphatic rings. The third-order valence-electron chi connectivity index (χ3n) is 5.00. The summed E-state index contributed by atoms with van der Waals surface area (Å²) in [7, 11) is 0. The van der Waals surface area contributed by atoms with E-state index < -0.39 is 0 Å². The lowest BCUT2D eigenvalue weighted by molar-refractivity contribution is 0.131. The van der Waals surface area contributed by atoms with Gasteiger partial charge in [-0.2, -0.15) is 0 Å². The van der Waals surface area contributed by atoms with E-state index in [1.807, 2.05) is 20.8 Å². The van der Waals surface area contributed by atoms with Crippen LogP contribution in [0.15, 0.2) is 27.4 Å². The van der Waals surface area contributed by atoms with Gasteiger partial charge in [-0.3, -0.25) is 4.90 Å². The quantitative estimate of drug-likeness (QED) is 0.881. The summed E-state index contributed by atoms with van der Waals surface area (Å²) in [5, 5.41) is 10.7. The first kappa shape index (κ1) is 16.2. The molecule has 1 aromatic carbocycles. The van der Waals surface area contributed by atoms with E-state index in [-0.39, 0.29) is 11.7 Å². The maximum Gasteiger partial charge on any atom is 0.336 e. The maximum atomic E-state index is 12.0. The molecule has 1 aliphatic heterocycles. The van der Waals surface area contributed by atoms with E-state index in [2.05, 4.69) is 17.0 Å². The summed E-state index contributed by atoms with van der Waals surface area (Å²) in [5.41, 5.74) is 3.61. The zero-order valence-electron chi connectivity index (χ0n) is 14.1.